The molecular weight excluding hydrogens is 270 g/mol. The average molecular weight is 291 g/mol. The lowest BCUT2D eigenvalue weighted by Gasteiger charge is -2.28. The Hall–Kier alpha value is -1.95. The summed E-state index contributed by atoms with van der Waals surface area (Å²) in [6, 6.07) is 4.47. The molecular formula is C15H21N3O3. The highest BCUT2D eigenvalue weighted by Crippen LogP contribution is 2.19. The SMILES string of the molecule is Cc1cc(C(=O)NCC2CCN(C)CC2)ccc1[N+](=O)[O-]. The van der Waals surface area contributed by atoms with Crippen LogP contribution < -0.4 is 5.32 Å². The van der Waals surface area contributed by atoms with E-state index in [2.05, 4.69) is 17.3 Å². The van der Waals surface area contributed by atoms with Gasteiger partial charge in [-0.15, -0.1) is 0 Å². The van der Waals surface area contributed by atoms with Gasteiger partial charge >= 0.3 is 0 Å². The van der Waals surface area contributed by atoms with E-state index in [4.69, 9.17) is 0 Å². The Bertz CT molecular complexity index is 537. The lowest BCUT2D eigenvalue weighted by atomic mass is 9.97. The number of carbonyl (C=O) groups is 1. The summed E-state index contributed by atoms with van der Waals surface area (Å²) in [5.41, 5.74) is 1.03. The van der Waals surface area contributed by atoms with Crippen molar-refractivity contribution in [2.75, 3.05) is 26.7 Å². The predicted molar refractivity (Wildman–Crippen MR) is 80.4 cm³/mol. The van der Waals surface area contributed by atoms with Crippen LogP contribution in [-0.4, -0.2) is 42.4 Å². The third-order valence-electron chi connectivity index (χ3n) is 4.05. The van der Waals surface area contributed by atoms with Gasteiger partial charge in [0.1, 0.15) is 0 Å². The molecule has 21 heavy (non-hydrogen) atoms. The van der Waals surface area contributed by atoms with Gasteiger partial charge in [0.05, 0.1) is 4.92 Å². The van der Waals surface area contributed by atoms with Gasteiger partial charge in [-0.05, 0) is 58.0 Å². The number of nitrogens with zero attached hydrogens (tertiary/aromatic N) is 2. The van der Waals surface area contributed by atoms with Crippen LogP contribution in [0.3, 0.4) is 0 Å². The van der Waals surface area contributed by atoms with E-state index in [1.54, 1.807) is 13.0 Å². The molecule has 1 heterocycles. The zero-order chi connectivity index (χ0) is 15.4. The number of piperidine rings is 1. The molecule has 1 aromatic rings. The number of hydrogen-bond donors (Lipinski definition) is 1. The number of amides is 1. The number of hydrogen-bond acceptors (Lipinski definition) is 4. The summed E-state index contributed by atoms with van der Waals surface area (Å²) in [5.74, 6) is 0.358. The maximum atomic E-state index is 12.1. The first-order valence-corrected chi connectivity index (χ1v) is 7.19. The summed E-state index contributed by atoms with van der Waals surface area (Å²) in [7, 11) is 2.11. The number of carbonyl (C=O) groups excluding carboxylic acids is 1. The first-order valence-electron chi connectivity index (χ1n) is 7.19. The molecule has 1 aliphatic heterocycles. The van der Waals surface area contributed by atoms with Crippen LogP contribution in [0.1, 0.15) is 28.8 Å². The van der Waals surface area contributed by atoms with Crippen molar-refractivity contribution in [2.45, 2.75) is 19.8 Å². The first-order chi connectivity index (χ1) is 9.97. The smallest absolute Gasteiger partial charge is 0.272 e. The molecule has 1 fully saturated rings. The number of likely N-dealkylation sites (tertiary alicyclic amines) is 1. The molecule has 1 aliphatic rings. The summed E-state index contributed by atoms with van der Waals surface area (Å²) in [6.07, 6.45) is 2.19. The Balaban J connectivity index is 1.91. The second kappa shape index (κ2) is 6.67. The number of rotatable bonds is 4. The second-order valence-corrected chi connectivity index (χ2v) is 5.72. The lowest BCUT2D eigenvalue weighted by molar-refractivity contribution is -0.385. The Kier molecular flexibility index (Phi) is 4.90. The molecule has 114 valence electrons. The maximum Gasteiger partial charge on any atom is 0.272 e. The summed E-state index contributed by atoms with van der Waals surface area (Å²) in [6.45, 7) is 4.45. The molecule has 0 spiro atoms. The van der Waals surface area contributed by atoms with Gasteiger partial charge in [0.25, 0.3) is 11.6 Å². The monoisotopic (exact) mass is 291 g/mol. The molecule has 2 rings (SSSR count). The molecule has 0 radical (unpaired) electrons. The van der Waals surface area contributed by atoms with Crippen molar-refractivity contribution in [2.24, 2.45) is 5.92 Å². The van der Waals surface area contributed by atoms with E-state index in [9.17, 15) is 14.9 Å². The zero-order valence-electron chi connectivity index (χ0n) is 12.5. The third-order valence-corrected chi connectivity index (χ3v) is 4.05. The molecule has 0 aromatic heterocycles. The van der Waals surface area contributed by atoms with Crippen LogP contribution in [0.4, 0.5) is 5.69 Å². The lowest BCUT2D eigenvalue weighted by Crippen LogP contribution is -2.36. The van der Waals surface area contributed by atoms with Crippen molar-refractivity contribution in [3.63, 3.8) is 0 Å². The van der Waals surface area contributed by atoms with E-state index in [1.165, 1.54) is 12.1 Å². The van der Waals surface area contributed by atoms with E-state index in [0.29, 0.717) is 23.6 Å². The van der Waals surface area contributed by atoms with Crippen LogP contribution in [0.25, 0.3) is 0 Å². The van der Waals surface area contributed by atoms with Gasteiger partial charge in [-0.25, -0.2) is 0 Å². The van der Waals surface area contributed by atoms with E-state index in [0.717, 1.165) is 25.9 Å². The van der Waals surface area contributed by atoms with Crippen LogP contribution in [-0.2, 0) is 0 Å². The van der Waals surface area contributed by atoms with Crippen molar-refractivity contribution < 1.29 is 9.72 Å². The molecule has 1 aromatic carbocycles. The van der Waals surface area contributed by atoms with Crippen LogP contribution in [0, 0.1) is 23.0 Å². The molecule has 1 N–H and O–H groups in total. The van der Waals surface area contributed by atoms with Gasteiger partial charge < -0.3 is 10.2 Å². The van der Waals surface area contributed by atoms with Gasteiger partial charge in [0, 0.05) is 23.7 Å². The van der Waals surface area contributed by atoms with Gasteiger partial charge in [0.15, 0.2) is 0 Å². The minimum absolute atomic E-state index is 0.0434. The summed E-state index contributed by atoms with van der Waals surface area (Å²) < 4.78 is 0. The maximum absolute atomic E-state index is 12.1. The molecule has 6 heteroatoms. The van der Waals surface area contributed by atoms with Gasteiger partial charge in [0.2, 0.25) is 0 Å². The quantitative estimate of drug-likeness (QED) is 0.680. The second-order valence-electron chi connectivity index (χ2n) is 5.72. The van der Waals surface area contributed by atoms with E-state index in [1.807, 2.05) is 0 Å². The van der Waals surface area contributed by atoms with Crippen LogP contribution >= 0.6 is 0 Å². The molecule has 0 bridgehead atoms. The van der Waals surface area contributed by atoms with Crippen molar-refractivity contribution in [3.8, 4) is 0 Å². The zero-order valence-corrected chi connectivity index (χ0v) is 12.5. The van der Waals surface area contributed by atoms with Crippen molar-refractivity contribution in [1.29, 1.82) is 0 Å². The Morgan fingerprint density at radius 3 is 2.67 bits per heavy atom. The predicted octanol–water partition coefficient (Wildman–Crippen LogP) is 1.97. The molecule has 0 unspecified atom stereocenters. The number of nitro groups is 1. The fourth-order valence-electron chi connectivity index (χ4n) is 2.61. The van der Waals surface area contributed by atoms with E-state index >= 15 is 0 Å². The highest BCUT2D eigenvalue weighted by molar-refractivity contribution is 5.94. The Morgan fingerprint density at radius 2 is 2.10 bits per heavy atom. The Morgan fingerprint density at radius 1 is 1.43 bits per heavy atom. The minimum atomic E-state index is -0.435. The summed E-state index contributed by atoms with van der Waals surface area (Å²) >= 11 is 0. The molecule has 1 amide bonds. The number of nitrogens with one attached hydrogen (secondary N) is 1. The third kappa shape index (κ3) is 4.01. The molecule has 0 atom stereocenters. The molecule has 6 nitrogen and oxygen atoms in total. The minimum Gasteiger partial charge on any atom is -0.352 e. The topological polar surface area (TPSA) is 75.5 Å². The molecule has 1 saturated heterocycles. The fraction of sp³-hybridized carbons (Fsp3) is 0.533. The van der Waals surface area contributed by atoms with E-state index in [-0.39, 0.29) is 11.6 Å². The van der Waals surface area contributed by atoms with Crippen molar-refractivity contribution in [1.82, 2.24) is 10.2 Å². The van der Waals surface area contributed by atoms with E-state index < -0.39 is 4.92 Å². The summed E-state index contributed by atoms with van der Waals surface area (Å²) in [4.78, 5) is 24.7. The highest BCUT2D eigenvalue weighted by atomic mass is 16.6. The van der Waals surface area contributed by atoms with Gasteiger partial charge in [-0.2, -0.15) is 0 Å². The molecule has 0 saturated carbocycles. The number of nitro benzene ring substituents is 1. The largest absolute Gasteiger partial charge is 0.352 e. The van der Waals surface area contributed by atoms with Crippen molar-refractivity contribution in [3.05, 3.63) is 39.4 Å². The number of benzene rings is 1. The van der Waals surface area contributed by atoms with Crippen LogP contribution in [0.5, 0.6) is 0 Å². The van der Waals surface area contributed by atoms with Gasteiger partial charge in [-0.1, -0.05) is 0 Å². The highest BCUT2D eigenvalue weighted by Gasteiger charge is 2.18. The molecule has 0 aliphatic carbocycles. The first kappa shape index (κ1) is 15.4. The number of aryl methyl sites for hydroxylation is 1. The van der Waals surface area contributed by atoms with Crippen LogP contribution in [0.2, 0.25) is 0 Å². The summed E-state index contributed by atoms with van der Waals surface area (Å²) in [5, 5.41) is 13.7. The standard InChI is InChI=1S/C15H21N3O3/c1-11-9-13(3-4-14(11)18(20)21)15(19)16-10-12-5-7-17(2)8-6-12/h3-4,9,12H,5-8,10H2,1-2H3,(H,16,19). The average Bonchev–Trinajstić information content (AvgIpc) is 2.45. The fourth-order valence-corrected chi connectivity index (χ4v) is 2.61. The normalized spacial score (nSPS) is 16.7. The van der Waals surface area contributed by atoms with Crippen molar-refractivity contribution >= 4 is 11.6 Å². The van der Waals surface area contributed by atoms with Crippen LogP contribution in [0.15, 0.2) is 18.2 Å². The van der Waals surface area contributed by atoms with Gasteiger partial charge in [-0.3, -0.25) is 14.9 Å². The Labute approximate surface area is 124 Å².